The Hall–Kier alpha value is -4.00. The van der Waals surface area contributed by atoms with Gasteiger partial charge in [0, 0.05) is 18.0 Å². The number of aryl methyl sites for hydroxylation is 2. The third kappa shape index (κ3) is 3.20. The smallest absolute Gasteiger partial charge is 0.181 e. The molecule has 0 bridgehead atoms. The molecule has 1 N–H and O–H groups in total. The van der Waals surface area contributed by atoms with Crippen molar-refractivity contribution in [1.82, 2.24) is 19.4 Å². The monoisotopic (exact) mass is 399 g/mol. The number of nitrogens with zero attached hydrogens (tertiary/aromatic N) is 4. The lowest BCUT2D eigenvalue weighted by molar-refractivity contribution is 0.569. The van der Waals surface area contributed by atoms with Gasteiger partial charge >= 0.3 is 0 Å². The van der Waals surface area contributed by atoms with E-state index in [4.69, 9.17) is 4.42 Å². The quantitative estimate of drug-likeness (QED) is 0.429. The highest BCUT2D eigenvalue weighted by atomic mass is 19.1. The van der Waals surface area contributed by atoms with E-state index in [1.165, 1.54) is 12.5 Å². The Morgan fingerprint density at radius 2 is 1.93 bits per heavy atom. The molecule has 0 amide bonds. The first-order valence-corrected chi connectivity index (χ1v) is 9.46. The predicted octanol–water partition coefficient (Wildman–Crippen LogP) is 5.55. The molecule has 30 heavy (non-hydrogen) atoms. The minimum Gasteiger partial charge on any atom is -0.442 e. The number of rotatable bonds is 4. The first-order chi connectivity index (χ1) is 14.6. The molecule has 148 valence electrons. The molecule has 4 heterocycles. The first kappa shape index (κ1) is 18.1. The molecule has 0 atom stereocenters. The maximum atomic E-state index is 14.4. The zero-order valence-electron chi connectivity index (χ0n) is 16.4. The number of nitrogens with one attached hydrogen (secondary N) is 1. The van der Waals surface area contributed by atoms with Crippen LogP contribution in [0.2, 0.25) is 0 Å². The van der Waals surface area contributed by atoms with Crippen molar-refractivity contribution in [3.63, 3.8) is 0 Å². The number of anilines is 2. The number of imidazole rings is 1. The summed E-state index contributed by atoms with van der Waals surface area (Å²) in [4.78, 5) is 13.2. The Balaban J connectivity index is 1.47. The van der Waals surface area contributed by atoms with Crippen molar-refractivity contribution in [3.8, 4) is 22.7 Å². The lowest BCUT2D eigenvalue weighted by Gasteiger charge is -2.08. The fourth-order valence-electron chi connectivity index (χ4n) is 3.37. The number of hydrogen-bond acceptors (Lipinski definition) is 5. The molecular weight excluding hydrogens is 381 g/mol. The van der Waals surface area contributed by atoms with Gasteiger partial charge in [0.15, 0.2) is 17.8 Å². The van der Waals surface area contributed by atoms with Gasteiger partial charge in [-0.05, 0) is 55.8 Å². The van der Waals surface area contributed by atoms with Crippen molar-refractivity contribution in [3.05, 3.63) is 84.5 Å². The highest BCUT2D eigenvalue weighted by Gasteiger charge is 2.13. The van der Waals surface area contributed by atoms with Crippen LogP contribution in [0.25, 0.3) is 28.4 Å². The van der Waals surface area contributed by atoms with E-state index in [0.717, 1.165) is 22.6 Å². The Morgan fingerprint density at radius 3 is 2.67 bits per heavy atom. The van der Waals surface area contributed by atoms with Crippen molar-refractivity contribution in [2.24, 2.45) is 0 Å². The molecule has 1 aromatic carbocycles. The SMILES string of the molecule is Cc1ccc(-c2cn3cccc(Nc4ccc(-c5ocnc5C)nc4)c3n2)c(F)c1. The minimum absolute atomic E-state index is 0.282. The molecule has 6 nitrogen and oxygen atoms in total. The van der Waals surface area contributed by atoms with Crippen molar-refractivity contribution in [2.45, 2.75) is 13.8 Å². The molecule has 0 unspecified atom stereocenters. The summed E-state index contributed by atoms with van der Waals surface area (Å²) in [5.74, 6) is 0.372. The van der Waals surface area contributed by atoms with Crippen LogP contribution in [-0.2, 0) is 0 Å². The molecule has 5 aromatic rings. The van der Waals surface area contributed by atoms with E-state index in [1.54, 1.807) is 12.3 Å². The highest BCUT2D eigenvalue weighted by Crippen LogP contribution is 2.28. The Labute approximate surface area is 172 Å². The second kappa shape index (κ2) is 7.11. The zero-order chi connectivity index (χ0) is 20.7. The molecule has 0 aliphatic carbocycles. The summed E-state index contributed by atoms with van der Waals surface area (Å²) in [5, 5.41) is 3.34. The van der Waals surface area contributed by atoms with Gasteiger partial charge in [0.25, 0.3) is 0 Å². The van der Waals surface area contributed by atoms with Gasteiger partial charge in [0.1, 0.15) is 11.5 Å². The number of aromatic nitrogens is 4. The maximum Gasteiger partial charge on any atom is 0.181 e. The average molecular weight is 399 g/mol. The van der Waals surface area contributed by atoms with Crippen molar-refractivity contribution >= 4 is 17.0 Å². The molecule has 0 fully saturated rings. The summed E-state index contributed by atoms with van der Waals surface area (Å²) in [6.07, 6.45) is 6.84. The number of halogens is 1. The van der Waals surface area contributed by atoms with Crippen molar-refractivity contribution in [2.75, 3.05) is 5.32 Å². The van der Waals surface area contributed by atoms with Crippen LogP contribution in [0, 0.1) is 19.7 Å². The van der Waals surface area contributed by atoms with Gasteiger partial charge in [-0.25, -0.2) is 14.4 Å². The molecule has 7 heteroatoms. The van der Waals surface area contributed by atoms with Crippen LogP contribution in [0.15, 0.2) is 71.9 Å². The summed E-state index contributed by atoms with van der Waals surface area (Å²) in [5.41, 5.74) is 5.73. The lowest BCUT2D eigenvalue weighted by Crippen LogP contribution is -1.95. The second-order valence-corrected chi connectivity index (χ2v) is 7.09. The van der Waals surface area contributed by atoms with Gasteiger partial charge in [-0.3, -0.25) is 4.98 Å². The van der Waals surface area contributed by atoms with Crippen LogP contribution in [0.3, 0.4) is 0 Å². The van der Waals surface area contributed by atoms with Gasteiger partial charge in [-0.1, -0.05) is 6.07 Å². The van der Waals surface area contributed by atoms with Crippen LogP contribution < -0.4 is 5.32 Å². The first-order valence-electron chi connectivity index (χ1n) is 9.46. The van der Waals surface area contributed by atoms with E-state index in [-0.39, 0.29) is 5.82 Å². The van der Waals surface area contributed by atoms with Crippen LogP contribution in [0.4, 0.5) is 15.8 Å². The fourth-order valence-corrected chi connectivity index (χ4v) is 3.37. The van der Waals surface area contributed by atoms with Crippen molar-refractivity contribution in [1.29, 1.82) is 0 Å². The fraction of sp³-hybridized carbons (Fsp3) is 0.0870. The van der Waals surface area contributed by atoms with E-state index in [2.05, 4.69) is 20.3 Å². The summed E-state index contributed by atoms with van der Waals surface area (Å²) >= 11 is 0. The number of hydrogen-bond donors (Lipinski definition) is 1. The van der Waals surface area contributed by atoms with E-state index in [9.17, 15) is 4.39 Å². The molecule has 0 radical (unpaired) electrons. The number of fused-ring (bicyclic) bond motifs is 1. The van der Waals surface area contributed by atoms with Crippen LogP contribution >= 0.6 is 0 Å². The average Bonchev–Trinajstić information content (AvgIpc) is 3.35. The molecule has 4 aromatic heterocycles. The Morgan fingerprint density at radius 1 is 1.03 bits per heavy atom. The molecule has 5 rings (SSSR count). The van der Waals surface area contributed by atoms with E-state index < -0.39 is 0 Å². The number of oxazole rings is 1. The van der Waals surface area contributed by atoms with Gasteiger partial charge < -0.3 is 14.1 Å². The molecule has 0 saturated heterocycles. The van der Waals surface area contributed by atoms with Crippen molar-refractivity contribution < 1.29 is 8.81 Å². The second-order valence-electron chi connectivity index (χ2n) is 7.09. The number of benzene rings is 1. The molecular formula is C23H18FN5O. The standard InChI is InChI=1S/C23H18FN5O/c1-14-5-7-17(18(24)10-14)21-12-29-9-3-4-20(23(29)28-21)27-16-6-8-19(25-11-16)22-15(2)26-13-30-22/h3-13,27H,1-2H3. The summed E-state index contributed by atoms with van der Waals surface area (Å²) < 4.78 is 21.7. The highest BCUT2D eigenvalue weighted by molar-refractivity contribution is 5.77. The maximum absolute atomic E-state index is 14.4. The Bertz CT molecular complexity index is 1350. The van der Waals surface area contributed by atoms with Crippen LogP contribution in [0.1, 0.15) is 11.3 Å². The summed E-state index contributed by atoms with van der Waals surface area (Å²) in [7, 11) is 0. The predicted molar refractivity (Wildman–Crippen MR) is 113 cm³/mol. The van der Waals surface area contributed by atoms with E-state index >= 15 is 0 Å². The van der Waals surface area contributed by atoms with E-state index in [0.29, 0.717) is 28.4 Å². The van der Waals surface area contributed by atoms with Gasteiger partial charge in [-0.2, -0.15) is 0 Å². The van der Waals surface area contributed by atoms with Crippen LogP contribution in [0.5, 0.6) is 0 Å². The summed E-state index contributed by atoms with van der Waals surface area (Å²) in [6.45, 7) is 3.74. The third-order valence-electron chi connectivity index (χ3n) is 4.90. The largest absolute Gasteiger partial charge is 0.442 e. The van der Waals surface area contributed by atoms with Crippen LogP contribution in [-0.4, -0.2) is 19.4 Å². The minimum atomic E-state index is -0.282. The van der Waals surface area contributed by atoms with Gasteiger partial charge in [0.05, 0.1) is 29.0 Å². The normalized spacial score (nSPS) is 11.2. The zero-order valence-corrected chi connectivity index (χ0v) is 16.4. The third-order valence-corrected chi connectivity index (χ3v) is 4.90. The lowest BCUT2D eigenvalue weighted by atomic mass is 10.1. The topological polar surface area (TPSA) is 68.2 Å². The number of pyridine rings is 2. The molecule has 0 spiro atoms. The molecule has 0 aliphatic heterocycles. The molecule has 0 saturated carbocycles. The summed E-state index contributed by atoms with van der Waals surface area (Å²) in [6, 6.07) is 12.8. The molecule has 0 aliphatic rings. The Kier molecular flexibility index (Phi) is 4.28. The van der Waals surface area contributed by atoms with Gasteiger partial charge in [-0.15, -0.1) is 0 Å². The van der Waals surface area contributed by atoms with Gasteiger partial charge in [0.2, 0.25) is 0 Å². The van der Waals surface area contributed by atoms with E-state index in [1.807, 2.05) is 61.0 Å².